The summed E-state index contributed by atoms with van der Waals surface area (Å²) in [7, 11) is 0. The first-order valence-corrected chi connectivity index (χ1v) is 5.96. The summed E-state index contributed by atoms with van der Waals surface area (Å²) in [4.78, 5) is 3.25. The molecule has 2 aromatic carbocycles. The zero-order chi connectivity index (χ0) is 13.2. The van der Waals surface area contributed by atoms with Gasteiger partial charge in [-0.25, -0.2) is 4.39 Å². The highest BCUT2D eigenvalue weighted by atomic mass is 19.1. The summed E-state index contributed by atoms with van der Waals surface area (Å²) < 4.78 is 18.3. The number of hydrogen-bond acceptors (Lipinski definition) is 2. The number of halogens is 1. The molecule has 0 bridgehead atoms. The van der Waals surface area contributed by atoms with Gasteiger partial charge in [0, 0.05) is 16.6 Å². The van der Waals surface area contributed by atoms with E-state index in [1.807, 2.05) is 24.3 Å². The Morgan fingerprint density at radius 1 is 1.05 bits per heavy atom. The third-order valence-corrected chi connectivity index (χ3v) is 2.91. The van der Waals surface area contributed by atoms with E-state index in [2.05, 4.69) is 4.98 Å². The molecule has 4 heteroatoms. The van der Waals surface area contributed by atoms with E-state index in [1.165, 1.54) is 12.1 Å². The smallest absolute Gasteiger partial charge is 0.128 e. The minimum Gasteiger partial charge on any atom is -0.487 e. The molecule has 0 fully saturated rings. The maximum absolute atomic E-state index is 12.8. The molecule has 3 N–H and O–H groups in total. The van der Waals surface area contributed by atoms with Crippen LogP contribution in [0.5, 0.6) is 5.75 Å². The third kappa shape index (κ3) is 2.52. The van der Waals surface area contributed by atoms with Crippen molar-refractivity contribution >= 4 is 16.6 Å². The molecule has 0 aliphatic heterocycles. The number of hydrogen-bond donors (Lipinski definition) is 2. The lowest BCUT2D eigenvalue weighted by atomic mass is 10.2. The second-order valence-electron chi connectivity index (χ2n) is 4.38. The third-order valence-electron chi connectivity index (χ3n) is 2.91. The molecule has 0 spiro atoms. The van der Waals surface area contributed by atoms with Crippen LogP contribution in [0.2, 0.25) is 0 Å². The molecule has 0 saturated carbocycles. The minimum absolute atomic E-state index is 0.270. The molecule has 0 aliphatic carbocycles. The van der Waals surface area contributed by atoms with Crippen molar-refractivity contribution in [3.8, 4) is 5.75 Å². The van der Waals surface area contributed by atoms with Crippen molar-refractivity contribution in [2.24, 2.45) is 0 Å². The lowest BCUT2D eigenvalue weighted by Gasteiger charge is -2.03. The number of nitrogen functional groups attached to an aromatic ring is 1. The van der Waals surface area contributed by atoms with Gasteiger partial charge in [0.2, 0.25) is 0 Å². The summed E-state index contributed by atoms with van der Waals surface area (Å²) in [6.07, 6.45) is 0. The molecule has 0 saturated heterocycles. The molecule has 3 nitrogen and oxygen atoms in total. The molecule has 3 rings (SSSR count). The highest BCUT2D eigenvalue weighted by Crippen LogP contribution is 2.20. The minimum atomic E-state index is -0.270. The molecule has 0 aliphatic rings. The maximum Gasteiger partial charge on any atom is 0.128 e. The molecule has 1 heterocycles. The summed E-state index contributed by atoms with van der Waals surface area (Å²) in [6.45, 7) is 0.403. The predicted molar refractivity (Wildman–Crippen MR) is 73.4 cm³/mol. The number of fused-ring (bicyclic) bond motifs is 1. The van der Waals surface area contributed by atoms with Gasteiger partial charge >= 0.3 is 0 Å². The quantitative estimate of drug-likeness (QED) is 0.705. The highest BCUT2D eigenvalue weighted by Gasteiger charge is 2.02. The number of anilines is 1. The topological polar surface area (TPSA) is 51.0 Å². The molecule has 3 aromatic rings. The number of rotatable bonds is 3. The van der Waals surface area contributed by atoms with Crippen LogP contribution >= 0.6 is 0 Å². The van der Waals surface area contributed by atoms with E-state index in [1.54, 1.807) is 12.1 Å². The first-order chi connectivity index (χ1) is 9.20. The Labute approximate surface area is 109 Å². The second-order valence-corrected chi connectivity index (χ2v) is 4.38. The van der Waals surface area contributed by atoms with Crippen molar-refractivity contribution in [3.63, 3.8) is 0 Å². The Bertz CT molecular complexity index is 704. The van der Waals surface area contributed by atoms with Gasteiger partial charge in [-0.1, -0.05) is 0 Å². The molecule has 19 heavy (non-hydrogen) atoms. The standard InChI is InChI=1S/C15H13FN2O/c16-11-1-4-14(5-2-11)19-9-13-8-10-7-12(17)3-6-15(10)18-13/h1-8,18H,9,17H2. The molecule has 0 atom stereocenters. The molecule has 0 unspecified atom stereocenters. The van der Waals surface area contributed by atoms with Gasteiger partial charge in [-0.15, -0.1) is 0 Å². The summed E-state index contributed by atoms with van der Waals surface area (Å²) in [5, 5.41) is 1.05. The Hall–Kier alpha value is -2.49. The monoisotopic (exact) mass is 256 g/mol. The number of nitrogens with two attached hydrogens (primary N) is 1. The van der Waals surface area contributed by atoms with Crippen LogP contribution in [0, 0.1) is 5.82 Å². The van der Waals surface area contributed by atoms with Gasteiger partial charge in [-0.05, 0) is 48.5 Å². The number of nitrogens with one attached hydrogen (secondary N) is 1. The Morgan fingerprint density at radius 2 is 1.84 bits per heavy atom. The fourth-order valence-electron chi connectivity index (χ4n) is 1.98. The lowest BCUT2D eigenvalue weighted by Crippen LogP contribution is -1.95. The van der Waals surface area contributed by atoms with Crippen molar-refractivity contribution in [3.05, 3.63) is 60.0 Å². The Morgan fingerprint density at radius 3 is 2.63 bits per heavy atom. The Kier molecular flexibility index (Phi) is 2.83. The van der Waals surface area contributed by atoms with Crippen molar-refractivity contribution in [1.82, 2.24) is 4.98 Å². The van der Waals surface area contributed by atoms with Crippen LogP contribution in [-0.4, -0.2) is 4.98 Å². The van der Waals surface area contributed by atoms with E-state index in [0.29, 0.717) is 12.4 Å². The number of benzene rings is 2. The average molecular weight is 256 g/mol. The van der Waals surface area contributed by atoms with Gasteiger partial charge in [-0.3, -0.25) is 0 Å². The summed E-state index contributed by atoms with van der Waals surface area (Å²) >= 11 is 0. The summed E-state index contributed by atoms with van der Waals surface area (Å²) in [5.41, 5.74) is 8.43. The largest absolute Gasteiger partial charge is 0.487 e. The van der Waals surface area contributed by atoms with Gasteiger partial charge in [0.25, 0.3) is 0 Å². The van der Waals surface area contributed by atoms with Gasteiger partial charge in [0.05, 0.1) is 5.69 Å². The van der Waals surface area contributed by atoms with Crippen LogP contribution in [-0.2, 0) is 6.61 Å². The molecule has 96 valence electrons. The van der Waals surface area contributed by atoms with Crippen molar-refractivity contribution in [1.29, 1.82) is 0 Å². The van der Waals surface area contributed by atoms with Gasteiger partial charge in [0.15, 0.2) is 0 Å². The van der Waals surface area contributed by atoms with Crippen LogP contribution in [0.1, 0.15) is 5.69 Å². The number of ether oxygens (including phenoxy) is 1. The van der Waals surface area contributed by atoms with Gasteiger partial charge in [-0.2, -0.15) is 0 Å². The van der Waals surface area contributed by atoms with E-state index in [-0.39, 0.29) is 5.82 Å². The van der Waals surface area contributed by atoms with Crippen LogP contribution in [0.15, 0.2) is 48.5 Å². The molecular formula is C15H13FN2O. The normalized spacial score (nSPS) is 10.8. The van der Waals surface area contributed by atoms with Crippen molar-refractivity contribution in [2.75, 3.05) is 5.73 Å². The van der Waals surface area contributed by atoms with E-state index in [0.717, 1.165) is 22.3 Å². The van der Waals surface area contributed by atoms with Crippen LogP contribution in [0.4, 0.5) is 10.1 Å². The number of H-pyrrole nitrogens is 1. The van der Waals surface area contributed by atoms with Crippen molar-refractivity contribution < 1.29 is 9.13 Å². The summed E-state index contributed by atoms with van der Waals surface area (Å²) in [6, 6.07) is 13.7. The lowest BCUT2D eigenvalue weighted by molar-refractivity contribution is 0.302. The molecule has 0 amide bonds. The van der Waals surface area contributed by atoms with Crippen LogP contribution in [0.25, 0.3) is 10.9 Å². The fourth-order valence-corrected chi connectivity index (χ4v) is 1.98. The first-order valence-electron chi connectivity index (χ1n) is 5.96. The predicted octanol–water partition coefficient (Wildman–Crippen LogP) is 3.47. The average Bonchev–Trinajstić information content (AvgIpc) is 2.80. The Balaban J connectivity index is 1.76. The van der Waals surface area contributed by atoms with Crippen LogP contribution < -0.4 is 10.5 Å². The number of aromatic nitrogens is 1. The summed E-state index contributed by atoms with van der Waals surface area (Å²) in [5.74, 6) is 0.369. The zero-order valence-electron chi connectivity index (χ0n) is 10.2. The second kappa shape index (κ2) is 4.65. The maximum atomic E-state index is 12.8. The number of aromatic amines is 1. The van der Waals surface area contributed by atoms with Crippen LogP contribution in [0.3, 0.4) is 0 Å². The van der Waals surface area contributed by atoms with Gasteiger partial charge in [0.1, 0.15) is 18.2 Å². The van der Waals surface area contributed by atoms with E-state index in [9.17, 15) is 4.39 Å². The highest BCUT2D eigenvalue weighted by molar-refractivity contribution is 5.83. The molecular weight excluding hydrogens is 243 g/mol. The van der Waals surface area contributed by atoms with E-state index in [4.69, 9.17) is 10.5 Å². The molecule has 0 radical (unpaired) electrons. The molecule has 1 aromatic heterocycles. The zero-order valence-corrected chi connectivity index (χ0v) is 10.2. The first kappa shape index (κ1) is 11.6. The van der Waals surface area contributed by atoms with E-state index >= 15 is 0 Å². The SMILES string of the molecule is Nc1ccc2[nH]c(COc3ccc(F)cc3)cc2c1. The fraction of sp³-hybridized carbons (Fsp3) is 0.0667. The van der Waals surface area contributed by atoms with E-state index < -0.39 is 0 Å². The van der Waals surface area contributed by atoms with Crippen molar-refractivity contribution in [2.45, 2.75) is 6.61 Å². The van der Waals surface area contributed by atoms with Gasteiger partial charge < -0.3 is 15.5 Å².